The van der Waals surface area contributed by atoms with E-state index in [0.29, 0.717) is 6.61 Å². The van der Waals surface area contributed by atoms with E-state index in [1.807, 2.05) is 6.92 Å². The highest BCUT2D eigenvalue weighted by molar-refractivity contribution is 5.91. The minimum absolute atomic E-state index is 0.000573. The molecule has 176 valence electrons. The zero-order valence-corrected chi connectivity index (χ0v) is 18.8. The molecule has 2 aromatic heterocycles. The monoisotopic (exact) mass is 450 g/mol. The van der Waals surface area contributed by atoms with Gasteiger partial charge in [0.1, 0.15) is 18.8 Å². The summed E-state index contributed by atoms with van der Waals surface area (Å²) in [6.45, 7) is 9.08. The van der Waals surface area contributed by atoms with Crippen LogP contribution in [0.3, 0.4) is 0 Å². The van der Waals surface area contributed by atoms with Gasteiger partial charge in [0.15, 0.2) is 17.4 Å². The number of hydrogen-bond donors (Lipinski definition) is 3. The molecule has 3 rings (SSSR count). The Morgan fingerprint density at radius 3 is 2.66 bits per heavy atom. The number of nitrogens with two attached hydrogens (primary N) is 1. The second-order valence-corrected chi connectivity index (χ2v) is 8.23. The molecule has 32 heavy (non-hydrogen) atoms. The van der Waals surface area contributed by atoms with Crippen molar-refractivity contribution in [2.24, 2.45) is 17.6 Å². The Morgan fingerprint density at radius 1 is 1.31 bits per heavy atom. The Morgan fingerprint density at radius 2 is 2.03 bits per heavy atom. The molecule has 0 bridgehead atoms. The van der Waals surface area contributed by atoms with E-state index in [1.54, 1.807) is 32.3 Å². The molecule has 0 aliphatic carbocycles. The van der Waals surface area contributed by atoms with Gasteiger partial charge in [-0.05, 0) is 6.92 Å². The van der Waals surface area contributed by atoms with Crippen LogP contribution in [0.25, 0.3) is 11.2 Å². The average Bonchev–Trinajstić information content (AvgIpc) is 3.28. The lowest BCUT2D eigenvalue weighted by molar-refractivity contribution is -0.152. The lowest BCUT2D eigenvalue weighted by Gasteiger charge is -2.22. The molecule has 1 amide bonds. The minimum atomic E-state index is -0.763. The number of ether oxygens (including phenoxy) is 3. The van der Waals surface area contributed by atoms with Gasteiger partial charge in [-0.15, -0.1) is 0 Å². The molecule has 2 aromatic rings. The van der Waals surface area contributed by atoms with E-state index in [9.17, 15) is 14.4 Å². The number of amides is 1. The third kappa shape index (κ3) is 4.81. The van der Waals surface area contributed by atoms with Crippen molar-refractivity contribution < 1.29 is 23.8 Å². The normalized spacial score (nSPS) is 23.2. The first kappa shape index (κ1) is 23.8. The maximum absolute atomic E-state index is 12.5. The number of fused-ring (bicyclic) bond motifs is 1. The first-order chi connectivity index (χ1) is 15.1. The highest BCUT2D eigenvalue weighted by Gasteiger charge is 2.45. The van der Waals surface area contributed by atoms with Gasteiger partial charge in [0.2, 0.25) is 11.9 Å². The number of carbonyl (C=O) groups is 2. The van der Waals surface area contributed by atoms with Crippen LogP contribution in [-0.4, -0.2) is 62.9 Å². The van der Waals surface area contributed by atoms with Gasteiger partial charge in [-0.1, -0.05) is 27.7 Å². The topological polar surface area (TPSA) is 163 Å². The van der Waals surface area contributed by atoms with Crippen LogP contribution in [0, 0.1) is 11.8 Å². The highest BCUT2D eigenvalue weighted by atomic mass is 16.6. The van der Waals surface area contributed by atoms with Gasteiger partial charge in [0.25, 0.3) is 5.56 Å². The summed E-state index contributed by atoms with van der Waals surface area (Å²) < 4.78 is 18.7. The lowest BCUT2D eigenvalue weighted by atomic mass is 10.1. The van der Waals surface area contributed by atoms with Crippen LogP contribution >= 0.6 is 0 Å². The summed E-state index contributed by atoms with van der Waals surface area (Å²) in [7, 11) is 0. The summed E-state index contributed by atoms with van der Waals surface area (Å²) in [5.74, 6) is -1.23. The lowest BCUT2D eigenvalue weighted by Crippen LogP contribution is -2.43. The van der Waals surface area contributed by atoms with Crippen LogP contribution in [0.1, 0.15) is 40.8 Å². The van der Waals surface area contributed by atoms with Crippen LogP contribution in [0.4, 0.5) is 5.95 Å². The molecule has 0 radical (unpaired) electrons. The number of anilines is 1. The molecule has 12 nitrogen and oxygen atoms in total. The average molecular weight is 450 g/mol. The number of imidazole rings is 1. The highest BCUT2D eigenvalue weighted by Crippen LogP contribution is 2.32. The predicted molar refractivity (Wildman–Crippen MR) is 115 cm³/mol. The molecular weight excluding hydrogens is 420 g/mol. The summed E-state index contributed by atoms with van der Waals surface area (Å²) in [5, 5.41) is 2.58. The van der Waals surface area contributed by atoms with Gasteiger partial charge in [0.05, 0.1) is 18.3 Å². The van der Waals surface area contributed by atoms with Crippen LogP contribution in [0.2, 0.25) is 0 Å². The fraction of sp³-hybridized carbons (Fsp3) is 0.650. The van der Waals surface area contributed by atoms with E-state index >= 15 is 0 Å². The van der Waals surface area contributed by atoms with E-state index in [4.69, 9.17) is 19.9 Å². The van der Waals surface area contributed by atoms with E-state index in [0.717, 1.165) is 0 Å². The molecule has 3 heterocycles. The zero-order valence-electron chi connectivity index (χ0n) is 18.8. The molecule has 1 fully saturated rings. The molecule has 4 N–H and O–H groups in total. The molecule has 1 aliphatic heterocycles. The summed E-state index contributed by atoms with van der Waals surface area (Å²) in [6.07, 6.45) is -0.582. The smallest absolute Gasteiger partial charge is 0.308 e. The zero-order chi connectivity index (χ0) is 23.6. The number of nitrogens with one attached hydrogen (secondary N) is 2. The number of aromatic amines is 1. The third-order valence-corrected chi connectivity index (χ3v) is 5.10. The van der Waals surface area contributed by atoms with E-state index in [2.05, 4.69) is 20.3 Å². The van der Waals surface area contributed by atoms with Crippen LogP contribution in [0.15, 0.2) is 11.1 Å². The van der Waals surface area contributed by atoms with Gasteiger partial charge >= 0.3 is 5.97 Å². The van der Waals surface area contributed by atoms with Crippen molar-refractivity contribution >= 4 is 29.0 Å². The first-order valence-corrected chi connectivity index (χ1v) is 10.6. The van der Waals surface area contributed by atoms with Gasteiger partial charge in [-0.25, -0.2) is 4.98 Å². The van der Waals surface area contributed by atoms with Crippen molar-refractivity contribution in [2.45, 2.75) is 59.1 Å². The van der Waals surface area contributed by atoms with E-state index in [-0.39, 0.29) is 47.4 Å². The Bertz CT molecular complexity index is 1030. The quantitative estimate of drug-likeness (QED) is 0.487. The van der Waals surface area contributed by atoms with Crippen molar-refractivity contribution in [3.63, 3.8) is 0 Å². The standard InChI is InChI=1S/C20H30N6O6/c1-6-30-14-12(21)11(7-31-19(29)10(4)5)32-18(14)26-8-22-13-15(26)23-20(25-17(13)28)24-16(27)9(2)3/h8-12,14,18H,6-7,21H2,1-5H3,(H2,23,24,25,27,28)/t11-,12-,14-,18-/m1/s1. The Kier molecular flexibility index (Phi) is 7.26. The fourth-order valence-electron chi connectivity index (χ4n) is 3.27. The van der Waals surface area contributed by atoms with Crippen LogP contribution in [0.5, 0.6) is 0 Å². The van der Waals surface area contributed by atoms with Crippen molar-refractivity contribution in [1.29, 1.82) is 0 Å². The molecule has 0 saturated carbocycles. The first-order valence-electron chi connectivity index (χ1n) is 10.6. The van der Waals surface area contributed by atoms with Crippen LogP contribution in [-0.2, 0) is 23.8 Å². The number of esters is 1. The van der Waals surface area contributed by atoms with Crippen molar-refractivity contribution in [3.8, 4) is 0 Å². The second-order valence-electron chi connectivity index (χ2n) is 8.23. The SMILES string of the molecule is CCO[C@@H]1[C@H](N)[C@@H](COC(=O)C(C)C)O[C@H]1n1cnc2c(=O)[nH]c(NC(=O)C(C)C)nc21. The number of H-pyrrole nitrogens is 1. The third-order valence-electron chi connectivity index (χ3n) is 5.10. The Balaban J connectivity index is 1.92. The number of aromatic nitrogens is 4. The van der Waals surface area contributed by atoms with Crippen LogP contribution < -0.4 is 16.6 Å². The summed E-state index contributed by atoms with van der Waals surface area (Å²) in [6, 6.07) is -0.598. The Hall–Kier alpha value is -2.83. The van der Waals surface area contributed by atoms with E-state index < -0.39 is 30.0 Å². The summed E-state index contributed by atoms with van der Waals surface area (Å²) in [4.78, 5) is 47.4. The maximum atomic E-state index is 12.5. The van der Waals surface area contributed by atoms with Gasteiger partial charge < -0.3 is 19.9 Å². The summed E-state index contributed by atoms with van der Waals surface area (Å²) >= 11 is 0. The molecule has 0 unspecified atom stereocenters. The number of carbonyl (C=O) groups excluding carboxylic acids is 2. The summed E-state index contributed by atoms with van der Waals surface area (Å²) in [5.41, 5.74) is 6.12. The fourth-order valence-corrected chi connectivity index (χ4v) is 3.27. The van der Waals surface area contributed by atoms with Crippen molar-refractivity contribution in [2.75, 3.05) is 18.5 Å². The molecular formula is C20H30N6O6. The molecule has 4 atom stereocenters. The van der Waals surface area contributed by atoms with Gasteiger partial charge in [0, 0.05) is 12.5 Å². The van der Waals surface area contributed by atoms with Crippen molar-refractivity contribution in [3.05, 3.63) is 16.7 Å². The number of nitrogens with zero attached hydrogens (tertiary/aromatic N) is 3. The van der Waals surface area contributed by atoms with Gasteiger partial charge in [-0.2, -0.15) is 4.98 Å². The molecule has 1 aliphatic rings. The van der Waals surface area contributed by atoms with Crippen molar-refractivity contribution in [1.82, 2.24) is 19.5 Å². The van der Waals surface area contributed by atoms with Gasteiger partial charge in [-0.3, -0.25) is 29.3 Å². The number of hydrogen-bond acceptors (Lipinski definition) is 9. The largest absolute Gasteiger partial charge is 0.463 e. The predicted octanol–water partition coefficient (Wildman–Crippen LogP) is 0.543. The van der Waals surface area contributed by atoms with E-state index in [1.165, 1.54) is 6.33 Å². The Labute approximate surface area is 184 Å². The second kappa shape index (κ2) is 9.76. The minimum Gasteiger partial charge on any atom is -0.463 e. The number of rotatable bonds is 8. The molecule has 0 aromatic carbocycles. The maximum Gasteiger partial charge on any atom is 0.308 e. The molecule has 12 heteroatoms. The molecule has 0 spiro atoms. The molecule has 1 saturated heterocycles.